The second-order valence-corrected chi connectivity index (χ2v) is 10.4. The van der Waals surface area contributed by atoms with Crippen molar-refractivity contribution >= 4 is 34.4 Å². The van der Waals surface area contributed by atoms with Gasteiger partial charge < -0.3 is 20.1 Å². The second-order valence-electron chi connectivity index (χ2n) is 9.41. The number of aromatic nitrogens is 2. The molecule has 0 saturated carbocycles. The Labute approximate surface area is 200 Å². The lowest BCUT2D eigenvalue weighted by Gasteiger charge is -2.21. The Morgan fingerprint density at radius 2 is 2.03 bits per heavy atom. The van der Waals surface area contributed by atoms with Gasteiger partial charge >= 0.3 is 0 Å². The third kappa shape index (κ3) is 4.01. The molecular formula is C25H26FN5O2S. The zero-order valence-electron chi connectivity index (χ0n) is 18.7. The fraction of sp³-hybridized carbons (Fsp3) is 0.400. The molecule has 3 aliphatic heterocycles. The zero-order valence-corrected chi connectivity index (χ0v) is 19.5. The maximum atomic E-state index is 14.8. The fourth-order valence-electron chi connectivity index (χ4n) is 5.49. The van der Waals surface area contributed by atoms with Crippen molar-refractivity contribution in [2.75, 3.05) is 37.2 Å². The van der Waals surface area contributed by atoms with E-state index in [9.17, 15) is 14.0 Å². The van der Waals surface area contributed by atoms with Crippen molar-refractivity contribution < 1.29 is 9.18 Å². The van der Waals surface area contributed by atoms with Gasteiger partial charge in [0, 0.05) is 43.7 Å². The molecule has 0 spiro atoms. The molecule has 0 bridgehead atoms. The van der Waals surface area contributed by atoms with Crippen LogP contribution in [0.15, 0.2) is 46.1 Å². The third-order valence-corrected chi connectivity index (χ3v) is 8.11. The molecule has 34 heavy (non-hydrogen) atoms. The summed E-state index contributed by atoms with van der Waals surface area (Å²) < 4.78 is 16.5. The van der Waals surface area contributed by atoms with Gasteiger partial charge in [-0.1, -0.05) is 0 Å². The van der Waals surface area contributed by atoms with Crippen molar-refractivity contribution in [3.63, 3.8) is 0 Å². The average Bonchev–Trinajstić information content (AvgIpc) is 3.44. The van der Waals surface area contributed by atoms with Crippen LogP contribution in [0, 0.1) is 11.7 Å². The lowest BCUT2D eigenvalue weighted by molar-refractivity contribution is -0.113. The van der Waals surface area contributed by atoms with Gasteiger partial charge in [-0.25, -0.2) is 9.37 Å². The van der Waals surface area contributed by atoms with Gasteiger partial charge in [-0.15, -0.1) is 11.8 Å². The number of carbonyl (C=O) groups excluding carboxylic acids is 1. The monoisotopic (exact) mass is 479 g/mol. The largest absolute Gasteiger partial charge is 0.311 e. The summed E-state index contributed by atoms with van der Waals surface area (Å²) in [6, 6.07) is 10.7. The van der Waals surface area contributed by atoms with Crippen LogP contribution in [0.3, 0.4) is 0 Å². The molecule has 2 atom stereocenters. The minimum Gasteiger partial charge on any atom is -0.311 e. The van der Waals surface area contributed by atoms with E-state index < -0.39 is 0 Å². The van der Waals surface area contributed by atoms with Gasteiger partial charge in [0.05, 0.1) is 21.9 Å². The predicted molar refractivity (Wildman–Crippen MR) is 131 cm³/mol. The highest BCUT2D eigenvalue weighted by atomic mass is 32.2. The van der Waals surface area contributed by atoms with Gasteiger partial charge in [0.15, 0.2) is 0 Å². The Morgan fingerprint density at radius 3 is 2.94 bits per heavy atom. The highest BCUT2D eigenvalue weighted by molar-refractivity contribution is 8.00. The van der Waals surface area contributed by atoms with E-state index in [0.717, 1.165) is 54.1 Å². The van der Waals surface area contributed by atoms with E-state index in [4.69, 9.17) is 0 Å². The molecule has 176 valence electrons. The molecule has 1 saturated heterocycles. The van der Waals surface area contributed by atoms with E-state index in [-0.39, 0.29) is 23.2 Å². The van der Waals surface area contributed by atoms with Crippen LogP contribution in [-0.4, -0.2) is 52.3 Å². The first-order valence-corrected chi connectivity index (χ1v) is 12.7. The Hall–Kier alpha value is -2.75. The number of hydrogen-bond acceptors (Lipinski definition) is 6. The normalized spacial score (nSPS) is 21.7. The molecule has 2 N–H and O–H groups in total. The maximum absolute atomic E-state index is 14.8. The Morgan fingerprint density at radius 1 is 1.15 bits per heavy atom. The average molecular weight is 480 g/mol. The first-order valence-electron chi connectivity index (χ1n) is 11.7. The van der Waals surface area contributed by atoms with E-state index in [0.29, 0.717) is 36.1 Å². The van der Waals surface area contributed by atoms with Gasteiger partial charge in [0.1, 0.15) is 11.6 Å². The first kappa shape index (κ1) is 21.8. The van der Waals surface area contributed by atoms with Crippen molar-refractivity contribution in [1.29, 1.82) is 0 Å². The molecule has 1 amide bonds. The Bertz CT molecular complexity index is 1340. The molecule has 1 aromatic carbocycles. The lowest BCUT2D eigenvalue weighted by Crippen LogP contribution is -2.30. The van der Waals surface area contributed by atoms with Crippen molar-refractivity contribution in [3.8, 4) is 0 Å². The number of pyridine rings is 2. The van der Waals surface area contributed by atoms with Gasteiger partial charge in [0.25, 0.3) is 5.56 Å². The smallest absolute Gasteiger partial charge is 0.251 e. The molecule has 3 aromatic rings. The number of thioether (sulfide) groups is 1. The minimum absolute atomic E-state index is 0.00159. The number of halogens is 1. The summed E-state index contributed by atoms with van der Waals surface area (Å²) in [5, 5.41) is 7.28. The van der Waals surface area contributed by atoms with E-state index in [2.05, 4.69) is 20.5 Å². The topological polar surface area (TPSA) is 79.3 Å². The summed E-state index contributed by atoms with van der Waals surface area (Å²) in [5.41, 5.74) is 2.32. The molecule has 0 radical (unpaired) electrons. The molecule has 2 aromatic heterocycles. The third-order valence-electron chi connectivity index (χ3n) is 7.07. The number of anilines is 1. The van der Waals surface area contributed by atoms with Crippen LogP contribution < -0.4 is 16.2 Å². The highest BCUT2D eigenvalue weighted by Crippen LogP contribution is 2.36. The number of likely N-dealkylation sites (tertiary alicyclic amines) is 1. The molecular weight excluding hydrogens is 453 g/mol. The summed E-state index contributed by atoms with van der Waals surface area (Å²) in [5.74, 6) is 1.40. The van der Waals surface area contributed by atoms with Crippen LogP contribution in [0.25, 0.3) is 10.9 Å². The number of hydrogen-bond donors (Lipinski definition) is 2. The number of nitrogens with zero attached hydrogens (tertiary/aromatic N) is 3. The molecule has 7 nitrogen and oxygen atoms in total. The van der Waals surface area contributed by atoms with Crippen LogP contribution in [0.2, 0.25) is 0 Å². The molecule has 2 unspecified atom stereocenters. The van der Waals surface area contributed by atoms with Gasteiger partial charge in [-0.05, 0) is 61.1 Å². The molecule has 1 fully saturated rings. The van der Waals surface area contributed by atoms with Crippen molar-refractivity contribution in [1.82, 2.24) is 19.8 Å². The van der Waals surface area contributed by atoms with Crippen molar-refractivity contribution in [3.05, 3.63) is 63.8 Å². The van der Waals surface area contributed by atoms with Crippen LogP contribution >= 0.6 is 11.8 Å². The molecule has 6 rings (SSSR count). The molecule has 3 aliphatic rings. The standard InChI is InChI=1S/C25H26FN5O2S/c26-19-4-1-16-2-6-22(33)31-13-17(23(19)24(16)31)12-30-8-7-15(11-30)9-27-10-18-3-5-20-25(28-18)29-21(32)14-34-20/h1-6,15,17,27H,7-14H2,(H,28,29,32). The molecule has 5 heterocycles. The van der Waals surface area contributed by atoms with E-state index in [1.807, 2.05) is 12.1 Å². The summed E-state index contributed by atoms with van der Waals surface area (Å²) in [6.45, 7) is 4.77. The molecule has 9 heteroatoms. The minimum atomic E-state index is -0.209. The number of carbonyl (C=O) groups is 1. The quantitative estimate of drug-likeness (QED) is 0.566. The number of rotatable bonds is 6. The van der Waals surface area contributed by atoms with Crippen LogP contribution in [0.4, 0.5) is 10.2 Å². The number of benzene rings is 1. The summed E-state index contributed by atoms with van der Waals surface area (Å²) in [7, 11) is 0. The fourth-order valence-corrected chi connectivity index (χ4v) is 6.25. The van der Waals surface area contributed by atoms with Gasteiger partial charge in [-0.3, -0.25) is 9.59 Å². The number of fused-ring (bicyclic) bond motifs is 1. The van der Waals surface area contributed by atoms with E-state index in [1.54, 1.807) is 22.8 Å². The number of amides is 1. The second kappa shape index (κ2) is 8.79. The highest BCUT2D eigenvalue weighted by Gasteiger charge is 2.32. The maximum Gasteiger partial charge on any atom is 0.251 e. The predicted octanol–water partition coefficient (Wildman–Crippen LogP) is 2.79. The van der Waals surface area contributed by atoms with Crippen molar-refractivity contribution in [2.45, 2.75) is 30.3 Å². The van der Waals surface area contributed by atoms with Crippen LogP contribution in [0.5, 0.6) is 0 Å². The summed E-state index contributed by atoms with van der Waals surface area (Å²) >= 11 is 1.52. The SMILES string of the molecule is O=C1CSc2ccc(CNCC3CCN(CC4Cn5c(=O)ccc6ccc(F)c4c65)C3)nc2N1. The van der Waals surface area contributed by atoms with Crippen molar-refractivity contribution in [2.24, 2.45) is 5.92 Å². The van der Waals surface area contributed by atoms with Crippen LogP contribution in [-0.2, 0) is 17.9 Å². The first-order chi connectivity index (χ1) is 16.5. The van der Waals surface area contributed by atoms with E-state index in [1.165, 1.54) is 17.8 Å². The Balaban J connectivity index is 1.05. The van der Waals surface area contributed by atoms with Crippen LogP contribution in [0.1, 0.15) is 23.6 Å². The van der Waals surface area contributed by atoms with Gasteiger partial charge in [-0.2, -0.15) is 0 Å². The lowest BCUT2D eigenvalue weighted by atomic mass is 9.98. The number of nitrogens with one attached hydrogen (secondary N) is 2. The van der Waals surface area contributed by atoms with E-state index >= 15 is 0 Å². The summed E-state index contributed by atoms with van der Waals surface area (Å²) in [4.78, 5) is 32.0. The molecule has 0 aliphatic carbocycles. The summed E-state index contributed by atoms with van der Waals surface area (Å²) in [6.07, 6.45) is 1.09. The zero-order chi connectivity index (χ0) is 23.2. The van der Waals surface area contributed by atoms with Gasteiger partial charge in [0.2, 0.25) is 5.91 Å². The Kier molecular flexibility index (Phi) is 5.63.